The minimum atomic E-state index is 0.521. The first-order valence-corrected chi connectivity index (χ1v) is 11.1. The number of benzene rings is 1. The molecule has 0 unspecified atom stereocenters. The van der Waals surface area contributed by atoms with Crippen molar-refractivity contribution >= 4 is 39.4 Å². The highest BCUT2D eigenvalue weighted by Gasteiger charge is 2.23. The molecule has 0 atom stereocenters. The molecule has 4 heterocycles. The first-order chi connectivity index (χ1) is 14.9. The molecule has 6 nitrogen and oxygen atoms in total. The second-order valence-electron chi connectivity index (χ2n) is 8.48. The quantitative estimate of drug-likeness (QED) is 0.496. The van der Waals surface area contributed by atoms with E-state index < -0.39 is 0 Å². The van der Waals surface area contributed by atoms with Crippen LogP contribution in [0.3, 0.4) is 0 Å². The smallest absolute Gasteiger partial charge is 0.230 e. The standard InChI is InChI=1S/C24H26N6/c1-2-8-17(7-1)30-21-10-4-3-9-19(21)20-16-26-24(28-23(20)30)27-22-12-11-18(15-25-22)29-13-5-6-14-29/h3-4,9-12,15-17H,1-2,5-8,13-14H2,(H,25,26,27,28). The van der Waals surface area contributed by atoms with Crippen LogP contribution in [0.1, 0.15) is 44.6 Å². The van der Waals surface area contributed by atoms with Gasteiger partial charge in [0.25, 0.3) is 0 Å². The lowest BCUT2D eigenvalue weighted by molar-refractivity contribution is 0.547. The highest BCUT2D eigenvalue weighted by molar-refractivity contribution is 6.06. The van der Waals surface area contributed by atoms with Gasteiger partial charge >= 0.3 is 0 Å². The van der Waals surface area contributed by atoms with Gasteiger partial charge in [0.1, 0.15) is 11.5 Å². The van der Waals surface area contributed by atoms with Crippen LogP contribution in [-0.2, 0) is 0 Å². The van der Waals surface area contributed by atoms with Crippen LogP contribution >= 0.6 is 0 Å². The average Bonchev–Trinajstić information content (AvgIpc) is 3.54. The number of hydrogen-bond donors (Lipinski definition) is 1. The second-order valence-corrected chi connectivity index (χ2v) is 8.48. The lowest BCUT2D eigenvalue weighted by Gasteiger charge is -2.17. The molecule has 4 aromatic rings. The number of nitrogens with one attached hydrogen (secondary N) is 1. The minimum Gasteiger partial charge on any atom is -0.370 e. The van der Waals surface area contributed by atoms with Crippen molar-refractivity contribution in [3.63, 3.8) is 0 Å². The van der Waals surface area contributed by atoms with E-state index in [0.29, 0.717) is 12.0 Å². The van der Waals surface area contributed by atoms with Gasteiger partial charge in [0.2, 0.25) is 5.95 Å². The van der Waals surface area contributed by atoms with E-state index in [1.807, 2.05) is 18.5 Å². The van der Waals surface area contributed by atoms with E-state index in [0.717, 1.165) is 29.9 Å². The Balaban J connectivity index is 1.36. The molecule has 1 saturated carbocycles. The van der Waals surface area contributed by atoms with Crippen LogP contribution in [-0.4, -0.2) is 32.6 Å². The second kappa shape index (κ2) is 7.27. The van der Waals surface area contributed by atoms with Gasteiger partial charge < -0.3 is 14.8 Å². The Kier molecular flexibility index (Phi) is 4.29. The van der Waals surface area contributed by atoms with E-state index in [1.165, 1.54) is 55.1 Å². The molecule has 0 spiro atoms. The molecule has 1 N–H and O–H groups in total. The molecule has 2 aliphatic rings. The van der Waals surface area contributed by atoms with Crippen molar-refractivity contribution in [3.05, 3.63) is 48.8 Å². The van der Waals surface area contributed by atoms with Crippen molar-refractivity contribution < 1.29 is 0 Å². The van der Waals surface area contributed by atoms with Crippen LogP contribution in [0.25, 0.3) is 21.9 Å². The van der Waals surface area contributed by atoms with Gasteiger partial charge in [-0.3, -0.25) is 0 Å². The Bertz CT molecular complexity index is 1180. The van der Waals surface area contributed by atoms with Crippen LogP contribution in [0.4, 0.5) is 17.5 Å². The van der Waals surface area contributed by atoms with Gasteiger partial charge in [-0.05, 0) is 43.9 Å². The Labute approximate surface area is 176 Å². The van der Waals surface area contributed by atoms with Gasteiger partial charge in [0, 0.05) is 36.1 Å². The number of nitrogens with zero attached hydrogens (tertiary/aromatic N) is 5. The Hall–Kier alpha value is -3.15. The summed E-state index contributed by atoms with van der Waals surface area (Å²) in [5, 5.41) is 5.67. The molecule has 3 aromatic heterocycles. The number of fused-ring (bicyclic) bond motifs is 3. The van der Waals surface area contributed by atoms with Crippen molar-refractivity contribution in [2.24, 2.45) is 0 Å². The molecule has 6 rings (SSSR count). The van der Waals surface area contributed by atoms with E-state index in [9.17, 15) is 0 Å². The Morgan fingerprint density at radius 2 is 1.67 bits per heavy atom. The molecule has 1 aliphatic carbocycles. The predicted molar refractivity (Wildman–Crippen MR) is 122 cm³/mol. The van der Waals surface area contributed by atoms with Crippen molar-refractivity contribution in [2.45, 2.75) is 44.6 Å². The number of pyridine rings is 1. The van der Waals surface area contributed by atoms with Crippen molar-refractivity contribution in [3.8, 4) is 0 Å². The summed E-state index contributed by atoms with van der Waals surface area (Å²) < 4.78 is 2.44. The third-order valence-electron chi connectivity index (χ3n) is 6.60. The molecule has 1 aliphatic heterocycles. The topological polar surface area (TPSA) is 58.9 Å². The van der Waals surface area contributed by atoms with E-state index in [-0.39, 0.29) is 0 Å². The molecule has 6 heteroatoms. The summed E-state index contributed by atoms with van der Waals surface area (Å²) in [4.78, 5) is 16.5. The molecular weight excluding hydrogens is 372 g/mol. The summed E-state index contributed by atoms with van der Waals surface area (Å²) in [5.74, 6) is 1.38. The molecular formula is C24H26N6. The summed E-state index contributed by atoms with van der Waals surface area (Å²) in [5.41, 5.74) is 3.48. The van der Waals surface area contributed by atoms with Gasteiger partial charge in [0.05, 0.1) is 17.4 Å². The van der Waals surface area contributed by atoms with Crippen LogP contribution in [0, 0.1) is 0 Å². The molecule has 0 bridgehead atoms. The van der Waals surface area contributed by atoms with E-state index in [4.69, 9.17) is 4.98 Å². The fourth-order valence-corrected chi connectivity index (χ4v) is 5.10. The highest BCUT2D eigenvalue weighted by atomic mass is 15.2. The summed E-state index contributed by atoms with van der Waals surface area (Å²) >= 11 is 0. The fourth-order valence-electron chi connectivity index (χ4n) is 5.10. The molecule has 0 amide bonds. The number of para-hydroxylation sites is 1. The summed E-state index contributed by atoms with van der Waals surface area (Å²) in [6.45, 7) is 2.25. The van der Waals surface area contributed by atoms with Crippen LogP contribution < -0.4 is 10.2 Å². The SMILES string of the molecule is c1ccc2c(c1)c1cnc(Nc3ccc(N4CCCC4)cn3)nc1n2C1CCCC1. The first-order valence-electron chi connectivity index (χ1n) is 11.1. The van der Waals surface area contributed by atoms with E-state index in [2.05, 4.69) is 55.1 Å². The van der Waals surface area contributed by atoms with Gasteiger partial charge in [-0.15, -0.1) is 0 Å². The zero-order valence-electron chi connectivity index (χ0n) is 17.1. The van der Waals surface area contributed by atoms with Gasteiger partial charge in [-0.1, -0.05) is 31.0 Å². The predicted octanol–water partition coefficient (Wildman–Crippen LogP) is 5.44. The minimum absolute atomic E-state index is 0.521. The van der Waals surface area contributed by atoms with Gasteiger partial charge in [0.15, 0.2) is 0 Å². The molecule has 1 aromatic carbocycles. The zero-order chi connectivity index (χ0) is 19.9. The molecule has 0 radical (unpaired) electrons. The first kappa shape index (κ1) is 17.7. The van der Waals surface area contributed by atoms with E-state index in [1.54, 1.807) is 0 Å². The summed E-state index contributed by atoms with van der Waals surface area (Å²) in [6.07, 6.45) is 11.5. The van der Waals surface area contributed by atoms with Crippen molar-refractivity contribution in [1.29, 1.82) is 0 Å². The fraction of sp³-hybridized carbons (Fsp3) is 0.375. The number of aromatic nitrogens is 4. The maximum Gasteiger partial charge on any atom is 0.230 e. The van der Waals surface area contributed by atoms with Gasteiger partial charge in [-0.2, -0.15) is 4.98 Å². The molecule has 1 saturated heterocycles. The maximum atomic E-state index is 4.94. The highest BCUT2D eigenvalue weighted by Crippen LogP contribution is 2.37. The van der Waals surface area contributed by atoms with E-state index >= 15 is 0 Å². The lowest BCUT2D eigenvalue weighted by atomic mass is 10.2. The van der Waals surface area contributed by atoms with Crippen LogP contribution in [0.2, 0.25) is 0 Å². The van der Waals surface area contributed by atoms with Crippen molar-refractivity contribution in [2.75, 3.05) is 23.3 Å². The molecule has 30 heavy (non-hydrogen) atoms. The van der Waals surface area contributed by atoms with Crippen molar-refractivity contribution in [1.82, 2.24) is 19.5 Å². The monoisotopic (exact) mass is 398 g/mol. The molecule has 2 fully saturated rings. The number of anilines is 3. The molecule has 152 valence electrons. The van der Waals surface area contributed by atoms with Crippen LogP contribution in [0.5, 0.6) is 0 Å². The normalized spacial score (nSPS) is 17.4. The summed E-state index contributed by atoms with van der Waals surface area (Å²) in [6, 6.07) is 13.3. The third-order valence-corrected chi connectivity index (χ3v) is 6.60. The lowest BCUT2D eigenvalue weighted by Crippen LogP contribution is -2.17. The summed E-state index contributed by atoms with van der Waals surface area (Å²) in [7, 11) is 0. The van der Waals surface area contributed by atoms with Gasteiger partial charge in [-0.25, -0.2) is 9.97 Å². The maximum absolute atomic E-state index is 4.94. The third kappa shape index (κ3) is 2.98. The number of hydrogen-bond acceptors (Lipinski definition) is 5. The number of rotatable bonds is 4. The zero-order valence-corrected chi connectivity index (χ0v) is 17.1. The largest absolute Gasteiger partial charge is 0.370 e. The Morgan fingerprint density at radius 3 is 2.47 bits per heavy atom. The Morgan fingerprint density at radius 1 is 0.833 bits per heavy atom. The van der Waals surface area contributed by atoms with Crippen LogP contribution in [0.15, 0.2) is 48.8 Å². The average molecular weight is 399 g/mol.